The maximum atomic E-state index is 15.4. The number of benzene rings is 3. The highest BCUT2D eigenvalue weighted by molar-refractivity contribution is 7.22. The van der Waals surface area contributed by atoms with Crippen molar-refractivity contribution in [2.75, 3.05) is 6.61 Å². The predicted molar refractivity (Wildman–Crippen MR) is 167 cm³/mol. The van der Waals surface area contributed by atoms with Gasteiger partial charge in [-0.3, -0.25) is 14.3 Å². The van der Waals surface area contributed by atoms with Crippen molar-refractivity contribution in [3.8, 4) is 21.7 Å². The zero-order valence-corrected chi connectivity index (χ0v) is 24.7. The van der Waals surface area contributed by atoms with E-state index in [0.717, 1.165) is 42.9 Å². The molecule has 0 saturated carbocycles. The second kappa shape index (κ2) is 11.4. The molecule has 0 amide bonds. The molecule has 7 nitrogen and oxygen atoms in total. The van der Waals surface area contributed by atoms with Crippen LogP contribution in [0, 0.1) is 6.92 Å². The number of nitrogens with zero attached hydrogens (tertiary/aromatic N) is 3. The summed E-state index contributed by atoms with van der Waals surface area (Å²) in [6.45, 7) is 3.61. The minimum atomic E-state index is -0.989. The second-order valence-corrected chi connectivity index (χ2v) is 11.4. The summed E-state index contributed by atoms with van der Waals surface area (Å²) in [7, 11) is 1.91. The molecule has 1 aliphatic rings. The number of aryl methyl sites for hydroxylation is 2. The van der Waals surface area contributed by atoms with Crippen molar-refractivity contribution in [1.29, 1.82) is 0 Å². The molecule has 1 N–H and O–H groups in total. The zero-order valence-electron chi connectivity index (χ0n) is 23.8. The van der Waals surface area contributed by atoms with Crippen LogP contribution in [0.1, 0.15) is 30.0 Å². The van der Waals surface area contributed by atoms with Gasteiger partial charge in [-0.05, 0) is 72.0 Å². The normalized spacial score (nSPS) is 16.0. The Kier molecular flexibility index (Phi) is 7.50. The van der Waals surface area contributed by atoms with Gasteiger partial charge in [-0.1, -0.05) is 36.4 Å². The van der Waals surface area contributed by atoms with Crippen LogP contribution in [0.4, 0.5) is 4.39 Å². The maximum Gasteiger partial charge on any atom is 0.307 e. The highest BCUT2D eigenvalue weighted by Crippen LogP contribution is 2.38. The van der Waals surface area contributed by atoms with Crippen molar-refractivity contribution in [1.82, 2.24) is 14.8 Å². The number of hydrogen-bond donors (Lipinski definition) is 1. The highest BCUT2D eigenvalue weighted by atomic mass is 32.1. The first-order valence-electron chi connectivity index (χ1n) is 13.8. The monoisotopic (exact) mass is 593 g/mol. The van der Waals surface area contributed by atoms with Gasteiger partial charge >= 0.3 is 5.97 Å². The molecule has 1 saturated heterocycles. The topological polar surface area (TPSA) is 94.3 Å². The van der Waals surface area contributed by atoms with Crippen LogP contribution in [-0.2, 0) is 27.8 Å². The van der Waals surface area contributed by atoms with Crippen molar-refractivity contribution in [3.05, 3.63) is 101 Å². The average molecular weight is 594 g/mol. The van der Waals surface area contributed by atoms with Crippen LogP contribution in [0.5, 0.6) is 0 Å². The van der Waals surface area contributed by atoms with Gasteiger partial charge in [-0.2, -0.15) is 5.10 Å². The first-order valence-corrected chi connectivity index (χ1v) is 14.6. The molecule has 9 heteroatoms. The van der Waals surface area contributed by atoms with E-state index in [1.165, 1.54) is 17.4 Å². The quantitative estimate of drug-likeness (QED) is 0.204. The van der Waals surface area contributed by atoms with Crippen molar-refractivity contribution in [3.63, 3.8) is 0 Å². The van der Waals surface area contributed by atoms with E-state index in [4.69, 9.17) is 9.72 Å². The van der Waals surface area contributed by atoms with Crippen molar-refractivity contribution in [2.45, 2.75) is 26.7 Å². The van der Waals surface area contributed by atoms with Crippen LogP contribution in [0.2, 0.25) is 0 Å². The van der Waals surface area contributed by atoms with Crippen LogP contribution in [0.3, 0.4) is 0 Å². The maximum absolute atomic E-state index is 15.4. The van der Waals surface area contributed by atoms with Crippen molar-refractivity contribution in [2.24, 2.45) is 7.05 Å². The second-order valence-electron chi connectivity index (χ2n) is 10.4. The molecule has 216 valence electrons. The van der Waals surface area contributed by atoms with Crippen LogP contribution >= 0.6 is 11.3 Å². The Morgan fingerprint density at radius 1 is 1.16 bits per heavy atom. The Morgan fingerprint density at radius 3 is 2.74 bits per heavy atom. The van der Waals surface area contributed by atoms with Crippen molar-refractivity contribution < 1.29 is 23.8 Å². The third kappa shape index (κ3) is 5.39. The van der Waals surface area contributed by atoms with E-state index < -0.39 is 11.8 Å². The average Bonchev–Trinajstić information content (AvgIpc) is 3.59. The van der Waals surface area contributed by atoms with E-state index in [2.05, 4.69) is 29.4 Å². The van der Waals surface area contributed by atoms with Gasteiger partial charge in [0.25, 0.3) is 0 Å². The minimum absolute atomic E-state index is 0.0926. The van der Waals surface area contributed by atoms with E-state index in [0.29, 0.717) is 16.6 Å². The van der Waals surface area contributed by atoms with Crippen LogP contribution in [0.25, 0.3) is 48.9 Å². The van der Waals surface area contributed by atoms with Crippen LogP contribution in [0.15, 0.2) is 84.0 Å². The van der Waals surface area contributed by atoms with E-state index >= 15 is 4.39 Å². The first-order chi connectivity index (χ1) is 20.7. The molecule has 2 aromatic heterocycles. The number of Topliss-reactive ketones (excluding diaryl/α,β-unsaturated/α-hetero) is 1. The number of fused-ring (bicyclic) bond motifs is 2. The molecule has 0 spiro atoms. The summed E-state index contributed by atoms with van der Waals surface area (Å²) in [5.74, 6) is -1.95. The molecule has 3 heterocycles. The number of carboxylic acid groups (broad SMARTS) is 1. The Labute approximate surface area is 251 Å². The van der Waals surface area contributed by atoms with Gasteiger partial charge in [0.05, 0.1) is 40.5 Å². The number of thiazole rings is 1. The summed E-state index contributed by atoms with van der Waals surface area (Å²) >= 11 is 1.43. The standard InChI is InChI=1S/C34H28FN3O4S/c1-4-24-30(39)12-13-42-32(24)27(35)10-9-25-26(17-31(40)41)19(2)14-28-33(25)43-34(37-28)22-7-5-6-20(15-22)21-8-11-29-23(16-21)18-36-38(29)3/h4-11,14-16,18H,12-13,17H2,1-3H3,(H,40,41)/b10-9+,24-4+,32-27-. The highest BCUT2D eigenvalue weighted by Gasteiger charge is 2.24. The lowest BCUT2D eigenvalue weighted by molar-refractivity contribution is -0.136. The third-order valence-electron chi connectivity index (χ3n) is 7.59. The minimum Gasteiger partial charge on any atom is -0.489 e. The number of carbonyl (C=O) groups excluding carboxylic acids is 1. The van der Waals surface area contributed by atoms with E-state index in [1.807, 2.05) is 49.1 Å². The fourth-order valence-corrected chi connectivity index (χ4v) is 6.52. The fraction of sp³-hybridized carbons (Fsp3) is 0.176. The molecule has 3 aromatic carbocycles. The lowest BCUT2D eigenvalue weighted by atomic mass is 9.97. The number of ether oxygens (including phenoxy) is 1. The number of carbonyl (C=O) groups is 2. The first kappa shape index (κ1) is 28.2. The summed E-state index contributed by atoms with van der Waals surface area (Å²) < 4.78 is 23.5. The van der Waals surface area contributed by atoms with E-state index in [9.17, 15) is 14.7 Å². The molecule has 0 atom stereocenters. The molecule has 0 aliphatic carbocycles. The molecule has 43 heavy (non-hydrogen) atoms. The summed E-state index contributed by atoms with van der Waals surface area (Å²) in [5.41, 5.74) is 6.86. The molecular weight excluding hydrogens is 565 g/mol. The number of carboxylic acids is 1. The third-order valence-corrected chi connectivity index (χ3v) is 8.75. The van der Waals surface area contributed by atoms with Gasteiger partial charge in [0.15, 0.2) is 17.4 Å². The van der Waals surface area contributed by atoms with Crippen LogP contribution < -0.4 is 0 Å². The predicted octanol–water partition coefficient (Wildman–Crippen LogP) is 7.58. The molecule has 5 aromatic rings. The zero-order chi connectivity index (χ0) is 30.2. The van der Waals surface area contributed by atoms with Gasteiger partial charge in [0.1, 0.15) is 5.01 Å². The number of aliphatic carboxylic acids is 1. The Balaban J connectivity index is 1.44. The lowest BCUT2D eigenvalue weighted by Gasteiger charge is -2.18. The molecule has 0 radical (unpaired) electrons. The Bertz CT molecular complexity index is 2030. The SMILES string of the molecule is C\C=C1/C(=O)CCO/C1=C(F)/C=C/c1c(CC(=O)O)c(C)cc2nc(-c3cccc(-c4ccc5c(cnn5C)c4)c3)sc12. The molecular formula is C34H28FN3O4S. The van der Waals surface area contributed by atoms with Crippen molar-refractivity contribution >= 4 is 50.3 Å². The van der Waals surface area contributed by atoms with E-state index in [1.54, 1.807) is 19.1 Å². The summed E-state index contributed by atoms with van der Waals surface area (Å²) in [5, 5.41) is 15.8. The molecule has 0 bridgehead atoms. The number of hydrogen-bond acceptors (Lipinski definition) is 6. The fourth-order valence-electron chi connectivity index (χ4n) is 5.43. The number of ketones is 1. The van der Waals surface area contributed by atoms with Crippen LogP contribution in [-0.4, -0.2) is 38.2 Å². The number of aromatic nitrogens is 3. The van der Waals surface area contributed by atoms with Gasteiger partial charge in [0, 0.05) is 24.4 Å². The number of allylic oxidation sites excluding steroid dienone is 4. The van der Waals surface area contributed by atoms with E-state index in [-0.39, 0.29) is 36.6 Å². The van der Waals surface area contributed by atoms with Gasteiger partial charge < -0.3 is 9.84 Å². The molecule has 0 unspecified atom stereocenters. The lowest BCUT2D eigenvalue weighted by Crippen LogP contribution is -2.17. The molecule has 1 aliphatic heterocycles. The molecule has 1 fully saturated rings. The summed E-state index contributed by atoms with van der Waals surface area (Å²) in [6.07, 6.45) is 6.17. The smallest absolute Gasteiger partial charge is 0.307 e. The Morgan fingerprint density at radius 2 is 1.95 bits per heavy atom. The summed E-state index contributed by atoms with van der Waals surface area (Å²) in [4.78, 5) is 29.0. The Hall–Kier alpha value is -4.89. The molecule has 6 rings (SSSR count). The summed E-state index contributed by atoms with van der Waals surface area (Å²) in [6, 6.07) is 16.2. The number of rotatable bonds is 6. The van der Waals surface area contributed by atoms with Gasteiger partial charge in [-0.25, -0.2) is 9.37 Å². The number of halogens is 1. The largest absolute Gasteiger partial charge is 0.489 e. The van der Waals surface area contributed by atoms with Gasteiger partial charge in [0.2, 0.25) is 0 Å². The van der Waals surface area contributed by atoms with Gasteiger partial charge in [-0.15, -0.1) is 11.3 Å².